The van der Waals surface area contributed by atoms with Gasteiger partial charge in [0.05, 0.1) is 11.9 Å². The molecule has 3 nitrogen and oxygen atoms in total. The first-order chi connectivity index (χ1) is 6.63. The fourth-order valence-electron chi connectivity index (χ4n) is 1.41. The summed E-state index contributed by atoms with van der Waals surface area (Å²) in [7, 11) is 0. The smallest absolute Gasteiger partial charge is 0.157 e. The van der Waals surface area contributed by atoms with Crippen LogP contribution in [0.1, 0.15) is 23.7 Å². The molecule has 74 valence electrons. The lowest BCUT2D eigenvalue weighted by molar-refractivity contribution is 0.914. The molecule has 2 heterocycles. The molecule has 2 aromatic rings. The first-order valence-electron chi connectivity index (χ1n) is 4.64. The van der Waals surface area contributed by atoms with Crippen LogP contribution in [0.5, 0.6) is 0 Å². The van der Waals surface area contributed by atoms with Gasteiger partial charge in [0, 0.05) is 0 Å². The van der Waals surface area contributed by atoms with Crippen LogP contribution in [0.2, 0.25) is 5.15 Å². The van der Waals surface area contributed by atoms with Crippen LogP contribution in [0, 0.1) is 13.8 Å². The molecule has 0 saturated heterocycles. The van der Waals surface area contributed by atoms with E-state index in [2.05, 4.69) is 17.0 Å². The Morgan fingerprint density at radius 1 is 1.36 bits per heavy atom. The lowest BCUT2D eigenvalue weighted by atomic mass is 10.2. The van der Waals surface area contributed by atoms with Crippen molar-refractivity contribution >= 4 is 17.2 Å². The van der Waals surface area contributed by atoms with Gasteiger partial charge in [-0.25, -0.2) is 9.50 Å². The topological polar surface area (TPSA) is 30.2 Å². The molecule has 0 radical (unpaired) electrons. The second kappa shape index (κ2) is 3.24. The number of aromatic nitrogens is 3. The minimum absolute atomic E-state index is 0.551. The Balaban J connectivity index is 2.81. The summed E-state index contributed by atoms with van der Waals surface area (Å²) in [5.74, 6) is 0. The molecule has 0 spiro atoms. The number of imidazole rings is 1. The monoisotopic (exact) mass is 209 g/mol. The fraction of sp³-hybridized carbons (Fsp3) is 0.400. The number of aryl methyl sites for hydroxylation is 2. The van der Waals surface area contributed by atoms with Crippen LogP contribution in [-0.2, 0) is 6.42 Å². The average Bonchev–Trinajstić information content (AvgIpc) is 2.57. The summed E-state index contributed by atoms with van der Waals surface area (Å²) in [6.07, 6.45) is 2.84. The molecule has 14 heavy (non-hydrogen) atoms. The summed E-state index contributed by atoms with van der Waals surface area (Å²) in [6, 6.07) is 0. The molecule has 0 aliphatic rings. The molecule has 0 N–H and O–H groups in total. The van der Waals surface area contributed by atoms with E-state index in [-0.39, 0.29) is 0 Å². The van der Waals surface area contributed by atoms with Crippen molar-refractivity contribution in [3.05, 3.63) is 28.2 Å². The van der Waals surface area contributed by atoms with Gasteiger partial charge in [-0.1, -0.05) is 18.5 Å². The highest BCUT2D eigenvalue weighted by atomic mass is 35.5. The minimum atomic E-state index is 0.551. The Hall–Kier alpha value is -1.09. The van der Waals surface area contributed by atoms with E-state index in [1.165, 1.54) is 0 Å². The number of rotatable bonds is 1. The number of hydrogen-bond acceptors (Lipinski definition) is 2. The van der Waals surface area contributed by atoms with E-state index in [0.717, 1.165) is 28.9 Å². The molecular weight excluding hydrogens is 198 g/mol. The first-order valence-corrected chi connectivity index (χ1v) is 5.02. The molecule has 0 aliphatic heterocycles. The predicted octanol–water partition coefficient (Wildman–Crippen LogP) is 2.56. The number of fused-ring (bicyclic) bond motifs is 1. The van der Waals surface area contributed by atoms with Crippen LogP contribution in [-0.4, -0.2) is 14.6 Å². The molecule has 4 heteroatoms. The van der Waals surface area contributed by atoms with Crippen molar-refractivity contribution in [2.24, 2.45) is 0 Å². The quantitative estimate of drug-likeness (QED) is 0.723. The molecular formula is C10H12ClN3. The summed E-state index contributed by atoms with van der Waals surface area (Å²) in [6.45, 7) is 6.06. The molecule has 0 saturated carbocycles. The highest BCUT2D eigenvalue weighted by Gasteiger charge is 2.09. The maximum atomic E-state index is 5.99. The van der Waals surface area contributed by atoms with Gasteiger partial charge in [-0.05, 0) is 31.4 Å². The fourth-order valence-corrected chi connectivity index (χ4v) is 1.64. The molecule has 0 amide bonds. The van der Waals surface area contributed by atoms with E-state index < -0.39 is 0 Å². The Morgan fingerprint density at radius 2 is 2.07 bits per heavy atom. The van der Waals surface area contributed by atoms with E-state index >= 15 is 0 Å². The number of hydrogen-bond donors (Lipinski definition) is 0. The van der Waals surface area contributed by atoms with E-state index in [1.807, 2.05) is 20.0 Å². The van der Waals surface area contributed by atoms with Gasteiger partial charge in [0.2, 0.25) is 0 Å². The Labute approximate surface area is 87.7 Å². The zero-order chi connectivity index (χ0) is 10.3. The van der Waals surface area contributed by atoms with Crippen LogP contribution < -0.4 is 0 Å². The molecule has 2 aromatic heterocycles. The molecule has 2 rings (SSSR count). The minimum Gasteiger partial charge on any atom is -0.232 e. The second-order valence-corrected chi connectivity index (χ2v) is 3.75. The first kappa shape index (κ1) is 9.46. The average molecular weight is 210 g/mol. The van der Waals surface area contributed by atoms with E-state index in [0.29, 0.717) is 5.15 Å². The lowest BCUT2D eigenvalue weighted by Crippen LogP contribution is -1.97. The normalized spacial score (nSPS) is 11.1. The van der Waals surface area contributed by atoms with E-state index in [1.54, 1.807) is 4.52 Å². The van der Waals surface area contributed by atoms with Gasteiger partial charge in [0.1, 0.15) is 0 Å². The highest BCUT2D eigenvalue weighted by Crippen LogP contribution is 2.19. The van der Waals surface area contributed by atoms with Gasteiger partial charge < -0.3 is 0 Å². The second-order valence-electron chi connectivity index (χ2n) is 3.39. The standard InChI is InChI=1S/C10H12ClN3/c1-4-8-5-14-10(12-8)7(3)6(2)9(11)13-14/h5H,4H2,1-3H3. The van der Waals surface area contributed by atoms with Crippen LogP contribution >= 0.6 is 11.6 Å². The maximum absolute atomic E-state index is 5.99. The van der Waals surface area contributed by atoms with Gasteiger partial charge in [-0.3, -0.25) is 0 Å². The predicted molar refractivity (Wildman–Crippen MR) is 56.8 cm³/mol. The van der Waals surface area contributed by atoms with Gasteiger partial charge in [0.15, 0.2) is 10.8 Å². The Kier molecular flexibility index (Phi) is 2.19. The van der Waals surface area contributed by atoms with Crippen molar-refractivity contribution in [3.8, 4) is 0 Å². The SMILES string of the molecule is CCc1cn2nc(Cl)c(C)c(C)c2n1. The molecule has 0 aliphatic carbocycles. The molecule has 0 bridgehead atoms. The van der Waals surface area contributed by atoms with Gasteiger partial charge in [0.25, 0.3) is 0 Å². The Morgan fingerprint density at radius 3 is 2.71 bits per heavy atom. The van der Waals surface area contributed by atoms with Crippen LogP contribution in [0.3, 0.4) is 0 Å². The maximum Gasteiger partial charge on any atom is 0.157 e. The van der Waals surface area contributed by atoms with E-state index in [4.69, 9.17) is 11.6 Å². The van der Waals surface area contributed by atoms with Gasteiger partial charge >= 0.3 is 0 Å². The highest BCUT2D eigenvalue weighted by molar-refractivity contribution is 6.30. The third-order valence-electron chi connectivity index (χ3n) is 2.50. The molecule has 0 aromatic carbocycles. The van der Waals surface area contributed by atoms with Gasteiger partial charge in [-0.2, -0.15) is 5.10 Å². The van der Waals surface area contributed by atoms with E-state index in [9.17, 15) is 0 Å². The molecule has 0 fully saturated rings. The van der Waals surface area contributed by atoms with Crippen LogP contribution in [0.15, 0.2) is 6.20 Å². The lowest BCUT2D eigenvalue weighted by Gasteiger charge is -2.02. The summed E-state index contributed by atoms with van der Waals surface area (Å²) < 4.78 is 1.75. The Bertz CT molecular complexity index is 488. The van der Waals surface area contributed by atoms with Gasteiger partial charge in [-0.15, -0.1) is 0 Å². The van der Waals surface area contributed by atoms with Crippen molar-refractivity contribution in [2.45, 2.75) is 27.2 Å². The summed E-state index contributed by atoms with van der Waals surface area (Å²) in [5, 5.41) is 4.78. The summed E-state index contributed by atoms with van der Waals surface area (Å²) >= 11 is 5.99. The van der Waals surface area contributed by atoms with Crippen LogP contribution in [0.25, 0.3) is 5.65 Å². The van der Waals surface area contributed by atoms with Crippen molar-refractivity contribution in [2.75, 3.05) is 0 Å². The third kappa shape index (κ3) is 1.28. The third-order valence-corrected chi connectivity index (χ3v) is 2.86. The van der Waals surface area contributed by atoms with Crippen molar-refractivity contribution in [1.29, 1.82) is 0 Å². The molecule has 0 atom stereocenters. The van der Waals surface area contributed by atoms with Crippen molar-refractivity contribution in [1.82, 2.24) is 14.6 Å². The molecule has 0 unspecified atom stereocenters. The van der Waals surface area contributed by atoms with Crippen molar-refractivity contribution < 1.29 is 0 Å². The largest absolute Gasteiger partial charge is 0.232 e. The zero-order valence-electron chi connectivity index (χ0n) is 8.50. The van der Waals surface area contributed by atoms with Crippen molar-refractivity contribution in [3.63, 3.8) is 0 Å². The zero-order valence-corrected chi connectivity index (χ0v) is 9.26. The van der Waals surface area contributed by atoms with Crippen LogP contribution in [0.4, 0.5) is 0 Å². The summed E-state index contributed by atoms with van der Waals surface area (Å²) in [5.41, 5.74) is 4.06. The number of nitrogens with zero attached hydrogens (tertiary/aromatic N) is 3. The number of halogens is 1. The summed E-state index contributed by atoms with van der Waals surface area (Å²) in [4.78, 5) is 4.47.